The van der Waals surface area contributed by atoms with Gasteiger partial charge in [0, 0.05) is 56.1 Å². The third-order valence-electron chi connectivity index (χ3n) is 4.87. The lowest BCUT2D eigenvalue weighted by molar-refractivity contribution is 0.973. The monoisotopic (exact) mass is 371 g/mol. The third-order valence-corrected chi connectivity index (χ3v) is 4.87. The fourth-order valence-corrected chi connectivity index (χ4v) is 3.29. The molecule has 0 heterocycles. The predicted octanol–water partition coefficient (Wildman–Crippen LogP) is 5.94. The normalized spacial score (nSPS) is 10.5. The molecule has 28 heavy (non-hydrogen) atoms. The molecule has 5 heteroatoms. The molecule has 0 spiro atoms. The number of hydrogen-bond acceptors (Lipinski definition) is 3. The van der Waals surface area contributed by atoms with Crippen molar-refractivity contribution in [3.8, 4) is 0 Å². The van der Waals surface area contributed by atoms with E-state index in [-0.39, 0.29) is 5.92 Å². The van der Waals surface area contributed by atoms with Crippen LogP contribution in [0.15, 0.2) is 77.9 Å². The van der Waals surface area contributed by atoms with Crippen LogP contribution in [0.2, 0.25) is 0 Å². The highest BCUT2D eigenvalue weighted by molar-refractivity contribution is 5.54. The van der Waals surface area contributed by atoms with E-state index >= 15 is 0 Å². The molecule has 0 aliphatic heterocycles. The summed E-state index contributed by atoms with van der Waals surface area (Å²) in [4.78, 5) is 7.06. The second kappa shape index (κ2) is 8.51. The predicted molar refractivity (Wildman–Crippen MR) is 118 cm³/mol. The first-order valence-corrected chi connectivity index (χ1v) is 9.19. The Morgan fingerprint density at radius 1 is 0.643 bits per heavy atom. The van der Waals surface area contributed by atoms with Gasteiger partial charge in [0.2, 0.25) is 0 Å². The molecule has 0 aliphatic carbocycles. The zero-order valence-electron chi connectivity index (χ0n) is 16.7. The summed E-state index contributed by atoms with van der Waals surface area (Å²) in [6, 6.07) is 25.1. The molecule has 0 aliphatic rings. The number of azide groups is 1. The summed E-state index contributed by atoms with van der Waals surface area (Å²) in [6.45, 7) is 0. The Labute approximate surface area is 166 Å². The number of benzene rings is 3. The summed E-state index contributed by atoms with van der Waals surface area (Å²) in [5.74, 6) is 0.104. The molecular formula is C23H25N5. The van der Waals surface area contributed by atoms with E-state index in [4.69, 9.17) is 5.53 Å². The first-order chi connectivity index (χ1) is 13.5. The van der Waals surface area contributed by atoms with E-state index in [1.165, 1.54) is 22.5 Å². The van der Waals surface area contributed by atoms with Crippen molar-refractivity contribution < 1.29 is 0 Å². The molecule has 0 atom stereocenters. The van der Waals surface area contributed by atoms with Gasteiger partial charge in [0.15, 0.2) is 0 Å². The summed E-state index contributed by atoms with van der Waals surface area (Å²) in [7, 11) is 8.17. The van der Waals surface area contributed by atoms with Crippen LogP contribution in [0.5, 0.6) is 0 Å². The molecule has 0 amide bonds. The maximum atomic E-state index is 8.65. The number of anilines is 2. The van der Waals surface area contributed by atoms with Crippen LogP contribution in [0.1, 0.15) is 22.6 Å². The van der Waals surface area contributed by atoms with Crippen molar-refractivity contribution in [1.29, 1.82) is 0 Å². The van der Waals surface area contributed by atoms with E-state index in [0.29, 0.717) is 5.69 Å². The first kappa shape index (κ1) is 19.3. The lowest BCUT2D eigenvalue weighted by Gasteiger charge is -2.21. The van der Waals surface area contributed by atoms with Crippen LogP contribution in [0.25, 0.3) is 10.4 Å². The van der Waals surface area contributed by atoms with Crippen molar-refractivity contribution in [2.75, 3.05) is 38.0 Å². The Morgan fingerprint density at radius 3 is 1.32 bits per heavy atom. The van der Waals surface area contributed by atoms with Gasteiger partial charge in [-0.05, 0) is 46.5 Å². The average Bonchev–Trinajstić information content (AvgIpc) is 2.70. The molecule has 3 rings (SSSR count). The van der Waals surface area contributed by atoms with Crippen LogP contribution in [0.3, 0.4) is 0 Å². The summed E-state index contributed by atoms with van der Waals surface area (Å²) in [6.07, 6.45) is 0. The lowest BCUT2D eigenvalue weighted by atomic mass is 9.85. The second-order valence-corrected chi connectivity index (χ2v) is 7.19. The van der Waals surface area contributed by atoms with Gasteiger partial charge in [0.1, 0.15) is 0 Å². The Balaban J connectivity index is 2.05. The molecule has 0 fully saturated rings. The zero-order chi connectivity index (χ0) is 20.1. The summed E-state index contributed by atoms with van der Waals surface area (Å²) in [5, 5.41) is 3.68. The Bertz CT molecular complexity index is 900. The van der Waals surface area contributed by atoms with Crippen LogP contribution in [0.4, 0.5) is 17.1 Å². The minimum atomic E-state index is 0.104. The van der Waals surface area contributed by atoms with E-state index in [9.17, 15) is 0 Å². The fourth-order valence-electron chi connectivity index (χ4n) is 3.29. The minimum Gasteiger partial charge on any atom is -0.378 e. The molecule has 0 bridgehead atoms. The van der Waals surface area contributed by atoms with Crippen molar-refractivity contribution in [2.24, 2.45) is 5.11 Å². The van der Waals surface area contributed by atoms with Gasteiger partial charge in [0.05, 0.1) is 0 Å². The molecule has 3 aromatic rings. The maximum absolute atomic E-state index is 8.65. The van der Waals surface area contributed by atoms with Crippen molar-refractivity contribution in [2.45, 2.75) is 5.92 Å². The summed E-state index contributed by atoms with van der Waals surface area (Å²) < 4.78 is 0. The van der Waals surface area contributed by atoms with Gasteiger partial charge in [-0.15, -0.1) is 0 Å². The van der Waals surface area contributed by atoms with Gasteiger partial charge in [-0.1, -0.05) is 53.6 Å². The average molecular weight is 371 g/mol. The molecule has 3 aromatic carbocycles. The highest BCUT2D eigenvalue weighted by atomic mass is 15.1. The number of nitrogens with zero attached hydrogens (tertiary/aromatic N) is 5. The Kier molecular flexibility index (Phi) is 5.87. The van der Waals surface area contributed by atoms with Crippen LogP contribution >= 0.6 is 0 Å². The van der Waals surface area contributed by atoms with Crippen LogP contribution in [-0.2, 0) is 0 Å². The Morgan fingerprint density at radius 2 is 1.00 bits per heavy atom. The van der Waals surface area contributed by atoms with Crippen molar-refractivity contribution in [1.82, 2.24) is 0 Å². The molecule has 142 valence electrons. The third kappa shape index (κ3) is 4.27. The van der Waals surface area contributed by atoms with E-state index in [1.54, 1.807) is 0 Å². The second-order valence-electron chi connectivity index (χ2n) is 7.19. The van der Waals surface area contributed by atoms with E-state index < -0.39 is 0 Å². The molecule has 0 N–H and O–H groups in total. The fraction of sp³-hybridized carbons (Fsp3) is 0.217. The highest BCUT2D eigenvalue weighted by Gasteiger charge is 2.17. The van der Waals surface area contributed by atoms with Crippen LogP contribution < -0.4 is 9.80 Å². The quantitative estimate of drug-likeness (QED) is 0.233. The van der Waals surface area contributed by atoms with Gasteiger partial charge in [-0.2, -0.15) is 0 Å². The summed E-state index contributed by atoms with van der Waals surface area (Å²) >= 11 is 0. The Hall–Kier alpha value is -3.43. The molecule has 0 aromatic heterocycles. The SMILES string of the molecule is CN(C)c1ccc(C(c2ccc(N=[N+]=[N-])cc2)c2ccc(N(C)C)cc2)cc1. The topological polar surface area (TPSA) is 55.2 Å². The van der Waals surface area contributed by atoms with Crippen molar-refractivity contribution >= 4 is 17.1 Å². The molecule has 5 nitrogen and oxygen atoms in total. The van der Waals surface area contributed by atoms with Gasteiger partial charge < -0.3 is 9.80 Å². The molecule has 0 saturated carbocycles. The van der Waals surface area contributed by atoms with Crippen molar-refractivity contribution in [3.63, 3.8) is 0 Å². The van der Waals surface area contributed by atoms with Gasteiger partial charge >= 0.3 is 0 Å². The standard InChI is InChI=1S/C23H25N5/c1-27(2)21-13-7-18(8-14-21)23(17-5-11-20(12-6-17)25-26-24)19-9-15-22(16-10-19)28(3)4/h5-16,23H,1-4H3. The van der Waals surface area contributed by atoms with E-state index in [2.05, 4.69) is 68.4 Å². The van der Waals surface area contributed by atoms with Crippen molar-refractivity contribution in [3.05, 3.63) is 99.9 Å². The zero-order valence-corrected chi connectivity index (χ0v) is 16.7. The molecule has 0 unspecified atom stereocenters. The smallest absolute Gasteiger partial charge is 0.0375 e. The van der Waals surface area contributed by atoms with Crippen LogP contribution in [-0.4, -0.2) is 28.2 Å². The van der Waals surface area contributed by atoms with Crippen LogP contribution in [0, 0.1) is 0 Å². The first-order valence-electron chi connectivity index (χ1n) is 9.19. The maximum Gasteiger partial charge on any atom is 0.0375 e. The minimum absolute atomic E-state index is 0.104. The summed E-state index contributed by atoms with van der Waals surface area (Å²) in [5.41, 5.74) is 15.2. The van der Waals surface area contributed by atoms with Gasteiger partial charge in [-0.25, -0.2) is 0 Å². The number of rotatable bonds is 6. The molecule has 0 saturated heterocycles. The number of hydrogen-bond donors (Lipinski definition) is 0. The lowest BCUT2D eigenvalue weighted by Crippen LogP contribution is -2.10. The van der Waals surface area contributed by atoms with E-state index in [0.717, 1.165) is 5.56 Å². The molecule has 0 radical (unpaired) electrons. The van der Waals surface area contributed by atoms with E-state index in [1.807, 2.05) is 52.5 Å². The van der Waals surface area contributed by atoms with Gasteiger partial charge in [-0.3, -0.25) is 0 Å². The largest absolute Gasteiger partial charge is 0.378 e. The highest BCUT2D eigenvalue weighted by Crippen LogP contribution is 2.34. The van der Waals surface area contributed by atoms with Gasteiger partial charge in [0.25, 0.3) is 0 Å². The molecular weight excluding hydrogens is 346 g/mol.